The molecule has 1 saturated heterocycles. The van der Waals surface area contributed by atoms with E-state index in [1.54, 1.807) is 25.0 Å². The highest BCUT2D eigenvalue weighted by molar-refractivity contribution is 5.94. The van der Waals surface area contributed by atoms with E-state index in [1.165, 1.54) is 0 Å². The Bertz CT molecular complexity index is 1350. The van der Waals surface area contributed by atoms with E-state index in [1.807, 2.05) is 61.2 Å². The molecule has 1 amide bonds. The van der Waals surface area contributed by atoms with E-state index in [0.717, 1.165) is 22.7 Å². The van der Waals surface area contributed by atoms with Gasteiger partial charge in [0.1, 0.15) is 17.3 Å². The fraction of sp³-hybridized carbons (Fsp3) is 0.346. The largest absolute Gasteiger partial charge is 0.496 e. The number of amides is 1. The first-order chi connectivity index (χ1) is 17.4. The van der Waals surface area contributed by atoms with E-state index in [4.69, 9.17) is 9.26 Å². The van der Waals surface area contributed by atoms with E-state index in [0.29, 0.717) is 49.3 Å². The highest BCUT2D eigenvalue weighted by atomic mass is 16.5. The number of para-hydroxylation sites is 1. The molecule has 10 nitrogen and oxygen atoms in total. The molecule has 0 atom stereocenters. The van der Waals surface area contributed by atoms with Gasteiger partial charge in [-0.15, -0.1) is 0 Å². The summed E-state index contributed by atoms with van der Waals surface area (Å²) in [5, 5.41) is 8.61. The number of nitrogens with zero attached hydrogens (tertiary/aromatic N) is 7. The van der Waals surface area contributed by atoms with Crippen molar-refractivity contribution >= 4 is 11.7 Å². The first-order valence-corrected chi connectivity index (χ1v) is 12.0. The van der Waals surface area contributed by atoms with Crippen molar-refractivity contribution in [1.82, 2.24) is 29.8 Å². The second-order valence-electron chi connectivity index (χ2n) is 9.03. The third-order valence-corrected chi connectivity index (χ3v) is 6.31. The Hall–Kier alpha value is -4.21. The van der Waals surface area contributed by atoms with Gasteiger partial charge in [-0.1, -0.05) is 31.1 Å². The maximum absolute atomic E-state index is 13.3. The molecule has 186 valence electrons. The van der Waals surface area contributed by atoms with E-state index in [2.05, 4.69) is 25.1 Å². The van der Waals surface area contributed by atoms with E-state index >= 15 is 0 Å². The quantitative estimate of drug-likeness (QED) is 0.406. The predicted octanol–water partition coefficient (Wildman–Crippen LogP) is 3.63. The van der Waals surface area contributed by atoms with Gasteiger partial charge in [0.25, 0.3) is 5.91 Å². The molecule has 4 heterocycles. The number of methoxy groups -OCH3 is 1. The van der Waals surface area contributed by atoms with Gasteiger partial charge in [-0.2, -0.15) is 10.1 Å². The molecule has 1 aliphatic rings. The van der Waals surface area contributed by atoms with Crippen LogP contribution in [0.2, 0.25) is 0 Å². The maximum Gasteiger partial charge on any atom is 0.272 e. The van der Waals surface area contributed by atoms with Crippen molar-refractivity contribution in [3.8, 4) is 28.4 Å². The van der Waals surface area contributed by atoms with Crippen LogP contribution in [0.1, 0.15) is 36.1 Å². The number of carbonyl (C=O) groups excluding carboxylic acids is 1. The van der Waals surface area contributed by atoms with Crippen LogP contribution < -0.4 is 9.64 Å². The van der Waals surface area contributed by atoms with Crippen LogP contribution in [0.5, 0.6) is 5.75 Å². The predicted molar refractivity (Wildman–Crippen MR) is 135 cm³/mol. The molecule has 0 saturated carbocycles. The number of rotatable bonds is 6. The molecule has 4 aromatic rings. The lowest BCUT2D eigenvalue weighted by atomic mass is 10.1. The molecular formula is C26H29N7O3. The molecule has 0 spiro atoms. The van der Waals surface area contributed by atoms with Crippen molar-refractivity contribution in [2.75, 3.05) is 38.2 Å². The molecule has 1 aromatic carbocycles. The molecule has 0 aliphatic carbocycles. The van der Waals surface area contributed by atoms with Crippen LogP contribution >= 0.6 is 0 Å². The monoisotopic (exact) mass is 487 g/mol. The minimum Gasteiger partial charge on any atom is -0.496 e. The molecule has 3 aromatic heterocycles. The minimum atomic E-state index is -0.0350. The van der Waals surface area contributed by atoms with Crippen molar-refractivity contribution in [3.05, 3.63) is 60.2 Å². The number of hydrogen-bond donors (Lipinski definition) is 0. The van der Waals surface area contributed by atoms with Gasteiger partial charge in [0.15, 0.2) is 0 Å². The van der Waals surface area contributed by atoms with Gasteiger partial charge in [0, 0.05) is 56.5 Å². The summed E-state index contributed by atoms with van der Waals surface area (Å²) in [5.41, 5.74) is 2.93. The number of pyridine rings is 1. The lowest BCUT2D eigenvalue weighted by molar-refractivity contribution is 0.0735. The van der Waals surface area contributed by atoms with Gasteiger partial charge >= 0.3 is 0 Å². The van der Waals surface area contributed by atoms with Crippen LogP contribution in [0, 0.1) is 0 Å². The molecule has 0 N–H and O–H groups in total. The first kappa shape index (κ1) is 23.5. The second-order valence-corrected chi connectivity index (χ2v) is 9.03. The van der Waals surface area contributed by atoms with E-state index in [-0.39, 0.29) is 11.8 Å². The Morgan fingerprint density at radius 1 is 1.08 bits per heavy atom. The lowest BCUT2D eigenvalue weighted by Crippen LogP contribution is -2.49. The number of aromatic nitrogens is 5. The number of benzene rings is 1. The third kappa shape index (κ3) is 4.53. The number of piperazine rings is 1. The fourth-order valence-corrected chi connectivity index (χ4v) is 4.25. The lowest BCUT2D eigenvalue weighted by Gasteiger charge is -2.35. The smallest absolute Gasteiger partial charge is 0.272 e. The van der Waals surface area contributed by atoms with Gasteiger partial charge in [0.2, 0.25) is 11.7 Å². The van der Waals surface area contributed by atoms with Crippen molar-refractivity contribution in [1.29, 1.82) is 0 Å². The molecule has 1 aliphatic heterocycles. The van der Waals surface area contributed by atoms with Gasteiger partial charge in [-0.05, 0) is 30.3 Å². The van der Waals surface area contributed by atoms with Crippen LogP contribution in [-0.4, -0.2) is 69.0 Å². The molecule has 0 bridgehead atoms. The van der Waals surface area contributed by atoms with Gasteiger partial charge in [0.05, 0.1) is 12.8 Å². The van der Waals surface area contributed by atoms with Crippen LogP contribution in [0.3, 0.4) is 0 Å². The highest BCUT2D eigenvalue weighted by Crippen LogP contribution is 2.29. The summed E-state index contributed by atoms with van der Waals surface area (Å²) in [6, 6.07) is 13.4. The normalized spacial score (nSPS) is 13.9. The van der Waals surface area contributed by atoms with Crippen molar-refractivity contribution in [2.45, 2.75) is 19.8 Å². The Morgan fingerprint density at radius 2 is 1.86 bits per heavy atom. The summed E-state index contributed by atoms with van der Waals surface area (Å²) in [5.74, 6) is 2.87. The summed E-state index contributed by atoms with van der Waals surface area (Å²) in [4.78, 5) is 26.4. The summed E-state index contributed by atoms with van der Waals surface area (Å²) >= 11 is 0. The minimum absolute atomic E-state index is 0.0350. The molecule has 0 radical (unpaired) electrons. The second kappa shape index (κ2) is 9.80. The van der Waals surface area contributed by atoms with Crippen molar-refractivity contribution in [2.24, 2.45) is 7.05 Å². The van der Waals surface area contributed by atoms with Crippen molar-refractivity contribution in [3.63, 3.8) is 0 Å². The molecule has 1 fully saturated rings. The van der Waals surface area contributed by atoms with Crippen LogP contribution in [0.15, 0.2) is 53.2 Å². The Balaban J connectivity index is 1.24. The summed E-state index contributed by atoms with van der Waals surface area (Å²) in [6.07, 6.45) is 1.76. The standard InChI is InChI=1S/C26H29N7O3/c1-17(2)25-28-24(30-36-25)18-9-10-23(27-16-18)32-11-13-33(14-12-32)26(34)21-15-20(29-31(21)3)19-7-5-6-8-22(19)35-4/h5-10,15-17H,11-14H2,1-4H3. The molecule has 5 rings (SSSR count). The summed E-state index contributed by atoms with van der Waals surface area (Å²) in [7, 11) is 3.42. The first-order valence-electron chi connectivity index (χ1n) is 12.0. The SMILES string of the molecule is COc1ccccc1-c1cc(C(=O)N2CCN(c3ccc(-c4noc(C(C)C)n4)cn3)CC2)n(C)n1. The van der Waals surface area contributed by atoms with Crippen LogP contribution in [0.4, 0.5) is 5.82 Å². The molecule has 36 heavy (non-hydrogen) atoms. The number of hydrogen-bond acceptors (Lipinski definition) is 8. The maximum atomic E-state index is 13.3. The number of aryl methyl sites for hydroxylation is 1. The van der Waals surface area contributed by atoms with Crippen LogP contribution in [0.25, 0.3) is 22.6 Å². The van der Waals surface area contributed by atoms with E-state index < -0.39 is 0 Å². The Kier molecular flexibility index (Phi) is 6.41. The zero-order chi connectivity index (χ0) is 25.2. The zero-order valence-electron chi connectivity index (χ0n) is 20.9. The molecule has 10 heteroatoms. The average molecular weight is 488 g/mol. The van der Waals surface area contributed by atoms with Gasteiger partial charge in [-0.25, -0.2) is 4.98 Å². The van der Waals surface area contributed by atoms with Crippen LogP contribution in [-0.2, 0) is 7.05 Å². The molecular weight excluding hydrogens is 458 g/mol. The Morgan fingerprint density at radius 3 is 2.53 bits per heavy atom. The zero-order valence-corrected chi connectivity index (χ0v) is 20.9. The summed E-state index contributed by atoms with van der Waals surface area (Å²) < 4.78 is 12.4. The topological polar surface area (TPSA) is 102 Å². The van der Waals surface area contributed by atoms with Crippen molar-refractivity contribution < 1.29 is 14.1 Å². The summed E-state index contributed by atoms with van der Waals surface area (Å²) in [6.45, 7) is 6.59. The third-order valence-electron chi connectivity index (χ3n) is 6.31. The van der Waals surface area contributed by atoms with Gasteiger partial charge in [-0.3, -0.25) is 9.48 Å². The molecule has 0 unspecified atom stereocenters. The number of ether oxygens (including phenoxy) is 1. The number of anilines is 1. The fourth-order valence-electron chi connectivity index (χ4n) is 4.25. The number of carbonyl (C=O) groups is 1. The average Bonchev–Trinajstić information content (AvgIpc) is 3.56. The Labute approximate surface area is 209 Å². The highest BCUT2D eigenvalue weighted by Gasteiger charge is 2.26. The van der Waals surface area contributed by atoms with E-state index in [9.17, 15) is 4.79 Å². The van der Waals surface area contributed by atoms with Gasteiger partial charge < -0.3 is 19.1 Å².